The van der Waals surface area contributed by atoms with Gasteiger partial charge in [0.2, 0.25) is 0 Å². The molecule has 0 unspecified atom stereocenters. The number of piperidine rings is 2. The molecule has 8 rings (SSSR count). The number of nitrogens with two attached hydrogens (primary N) is 1. The first-order chi connectivity index (χ1) is 33.0. The number of aromatic nitrogens is 4. The maximum absolute atomic E-state index is 13.4. The summed E-state index contributed by atoms with van der Waals surface area (Å²) < 4.78 is 114. The fourth-order valence-corrected chi connectivity index (χ4v) is 7.37. The van der Waals surface area contributed by atoms with Gasteiger partial charge in [-0.25, -0.2) is 28.7 Å². The molecule has 0 spiro atoms. The summed E-state index contributed by atoms with van der Waals surface area (Å²) in [6.45, 7) is 7.74. The maximum atomic E-state index is 13.4. The van der Waals surface area contributed by atoms with Crippen LogP contribution in [0.1, 0.15) is 53.3 Å². The summed E-state index contributed by atoms with van der Waals surface area (Å²) in [5.74, 6) is -0.813. The Balaban J connectivity index is 0.000000238. The van der Waals surface area contributed by atoms with Crippen LogP contribution in [0.2, 0.25) is 19.6 Å². The Labute approximate surface area is 448 Å². The number of carbonyl (C=O) groups is 1. The number of alkyl halides is 6. The normalized spacial score (nSPS) is 14.4. The number of nitriles is 1. The molecule has 2 aliphatic heterocycles. The van der Waals surface area contributed by atoms with Crippen molar-refractivity contribution in [1.82, 2.24) is 19.9 Å². The molecule has 2 saturated heterocycles. The molecule has 0 saturated carbocycles. The van der Waals surface area contributed by atoms with E-state index in [1.807, 2.05) is 6.07 Å². The van der Waals surface area contributed by atoms with Crippen LogP contribution in [0, 0.1) is 23.0 Å². The van der Waals surface area contributed by atoms with Crippen LogP contribution in [0.25, 0.3) is 22.3 Å². The van der Waals surface area contributed by atoms with Crippen LogP contribution >= 0.6 is 0 Å². The van der Waals surface area contributed by atoms with Gasteiger partial charge < -0.3 is 29.8 Å². The van der Waals surface area contributed by atoms with E-state index in [1.165, 1.54) is 36.4 Å². The molecule has 71 heavy (non-hydrogen) atoms. The second-order valence-electron chi connectivity index (χ2n) is 17.1. The molecule has 2 aromatic carbocycles. The smallest absolute Gasteiger partial charge is 0.859 e. The first-order valence-electron chi connectivity index (χ1n) is 21.9. The first kappa shape index (κ1) is 56.4. The summed E-state index contributed by atoms with van der Waals surface area (Å²) in [6.07, 6.45) is -1.45. The van der Waals surface area contributed by atoms with E-state index in [9.17, 15) is 50.0 Å². The number of primary amides is 1. The minimum absolute atomic E-state index is 0. The quantitative estimate of drug-likeness (QED) is 0.119. The fourth-order valence-electron chi connectivity index (χ4n) is 7.37. The molecule has 4 aromatic heterocycles. The van der Waals surface area contributed by atoms with Gasteiger partial charge in [0.05, 0.1) is 36.2 Å². The van der Waals surface area contributed by atoms with E-state index in [4.69, 9.17) is 15.2 Å². The summed E-state index contributed by atoms with van der Waals surface area (Å²) >= 11 is 0. The first-order valence-corrected chi connectivity index (χ1v) is 25.3. The molecule has 368 valence electrons. The van der Waals surface area contributed by atoms with Gasteiger partial charge in [-0.1, -0.05) is 52.2 Å². The minimum atomic E-state index is -4.50. The van der Waals surface area contributed by atoms with Crippen molar-refractivity contribution < 1.29 is 106 Å². The van der Waals surface area contributed by atoms with E-state index in [0.717, 1.165) is 47.0 Å². The summed E-state index contributed by atoms with van der Waals surface area (Å²) in [6, 6.07) is 21.6. The zero-order valence-corrected chi connectivity index (χ0v) is 43.2. The second-order valence-corrected chi connectivity index (χ2v) is 21.4. The number of hydrogen-bond donors (Lipinski definition) is 1. The van der Waals surface area contributed by atoms with Crippen molar-refractivity contribution in [3.05, 3.63) is 144 Å². The number of carbonyl (C=O) groups excluding carboxylic acids is 1. The van der Waals surface area contributed by atoms with Crippen molar-refractivity contribution >= 4 is 25.6 Å². The maximum Gasteiger partial charge on any atom is 1.00 e. The predicted octanol–water partition coefficient (Wildman–Crippen LogP) is 6.85. The summed E-state index contributed by atoms with van der Waals surface area (Å²) in [5, 5.41) is 9.22. The molecule has 2 N–H and O–H groups in total. The third-order valence-corrected chi connectivity index (χ3v) is 10.7. The number of nitrogens with zero attached hydrogens (tertiary/aromatic N) is 7. The van der Waals surface area contributed by atoms with Crippen LogP contribution in [-0.4, -0.2) is 72.5 Å². The molecular weight excluding hydrogens is 984 g/mol. The number of pyridine rings is 4. The van der Waals surface area contributed by atoms with Gasteiger partial charge in [-0.3, -0.25) is 4.79 Å². The molecule has 0 radical (unpaired) electrons. The van der Waals surface area contributed by atoms with Crippen molar-refractivity contribution in [2.45, 2.75) is 69.9 Å². The molecule has 6 heterocycles. The van der Waals surface area contributed by atoms with Crippen LogP contribution < -0.4 is 81.2 Å². The van der Waals surface area contributed by atoms with Crippen molar-refractivity contribution in [1.29, 1.82) is 5.26 Å². The Morgan fingerprint density at radius 1 is 0.648 bits per heavy atom. The van der Waals surface area contributed by atoms with E-state index in [0.29, 0.717) is 68.7 Å². The number of ether oxygens (including phenoxy) is 2. The molecule has 22 heteroatoms. The Morgan fingerprint density at radius 3 is 1.37 bits per heavy atom. The van der Waals surface area contributed by atoms with Gasteiger partial charge >= 0.3 is 63.7 Å². The minimum Gasteiger partial charge on any atom is -0.859 e. The largest absolute Gasteiger partial charge is 1.00 e. The van der Waals surface area contributed by atoms with Crippen LogP contribution in [-0.2, 0) is 12.4 Å². The molecule has 2 fully saturated rings. The van der Waals surface area contributed by atoms with Gasteiger partial charge in [-0.05, 0) is 71.8 Å². The van der Waals surface area contributed by atoms with E-state index in [1.54, 1.807) is 68.4 Å². The van der Waals surface area contributed by atoms with E-state index in [-0.39, 0.29) is 92.4 Å². The number of halogens is 8. The average molecular weight is 1030 g/mol. The van der Waals surface area contributed by atoms with Crippen molar-refractivity contribution in [2.24, 2.45) is 5.73 Å². The molecule has 2 aliphatic rings. The number of hydrogen-bond acceptors (Lipinski definition) is 11. The Kier molecular flexibility index (Phi) is 19.6. The van der Waals surface area contributed by atoms with Gasteiger partial charge in [0.15, 0.2) is 0 Å². The van der Waals surface area contributed by atoms with E-state index < -0.39 is 38.0 Å². The Bertz CT molecular complexity index is 2720. The van der Waals surface area contributed by atoms with Gasteiger partial charge in [-0.2, -0.15) is 31.6 Å². The topological polar surface area (TPSA) is 166 Å². The molecule has 0 aliphatic carbocycles. The SMILES string of the molecule is C[Si](C)(C)[O-].N#Cc1cc(-c2ccc(F)cc2)c(N2CCC(Oc3ccc(C(F)(F)F)nc3)CC2)cn1.NC(=O)c1cc(-c2ccc(F)cc2)c(N2CCC(Oc3ccc(C(F)(F)F)nc3)CC2)cn1.[K+]. The number of anilines is 2. The molecule has 1 amide bonds. The fraction of sp³-hybridized carbons (Fsp3) is 0.306. The van der Waals surface area contributed by atoms with Crippen molar-refractivity contribution in [3.63, 3.8) is 0 Å². The number of benzene rings is 2. The van der Waals surface area contributed by atoms with Crippen LogP contribution in [0.15, 0.2) is 110 Å². The van der Waals surface area contributed by atoms with Crippen LogP contribution in [0.4, 0.5) is 46.5 Å². The van der Waals surface area contributed by atoms with Crippen molar-refractivity contribution in [3.8, 4) is 39.8 Å². The monoisotopic (exact) mass is 1030 g/mol. The van der Waals surface area contributed by atoms with Gasteiger partial charge in [-0.15, -0.1) is 0 Å². The molecule has 12 nitrogen and oxygen atoms in total. The standard InChI is InChI=1S/C23H20F4N4O2.C23H18F4N4O.C3H9OSi.K/c24-15-3-1-14(2-4-15)18-11-19(22(28)32)29-13-20(18)31-9-7-16(8-10-31)33-17-5-6-21(30-12-17)23(25,26)27;24-16-3-1-15(2-4-16)20-11-17(12-28)29-14-21(20)31-9-7-18(8-10-31)32-19-5-6-22(30-13-19)23(25,26)27;1-5(2,3)4;/h1-6,11-13,16H,7-10H2,(H2,28,32);1-6,11,13-14,18H,7-10H2;1-3H3;/q;;-1;+1. The number of rotatable bonds is 9. The zero-order valence-electron chi connectivity index (χ0n) is 39.1. The summed E-state index contributed by atoms with van der Waals surface area (Å²) in [5.41, 5.74) is 8.38. The second kappa shape index (κ2) is 24.7. The summed E-state index contributed by atoms with van der Waals surface area (Å²) in [4.78, 5) is 41.2. The molecule has 0 bridgehead atoms. The summed E-state index contributed by atoms with van der Waals surface area (Å²) in [7, 11) is -1.86. The predicted molar refractivity (Wildman–Crippen MR) is 246 cm³/mol. The molecular formula is C49H47F8KN8O4Si. The molecule has 0 atom stereocenters. The van der Waals surface area contributed by atoms with Gasteiger partial charge in [0.1, 0.15) is 64.2 Å². The van der Waals surface area contributed by atoms with Crippen molar-refractivity contribution in [2.75, 3.05) is 36.0 Å². The van der Waals surface area contributed by atoms with Gasteiger partial charge in [0.25, 0.3) is 5.91 Å². The molecule has 6 aromatic rings. The number of amides is 1. The Hall–Kier alpha value is -5.55. The van der Waals surface area contributed by atoms with E-state index in [2.05, 4.69) is 29.7 Å². The van der Waals surface area contributed by atoms with Gasteiger partial charge in [0, 0.05) is 63.0 Å². The van der Waals surface area contributed by atoms with Crippen LogP contribution in [0.3, 0.4) is 0 Å². The zero-order chi connectivity index (χ0) is 50.8. The third kappa shape index (κ3) is 16.8. The van der Waals surface area contributed by atoms with E-state index >= 15 is 0 Å². The Morgan fingerprint density at radius 2 is 1.03 bits per heavy atom. The third-order valence-electron chi connectivity index (χ3n) is 10.7. The van der Waals surface area contributed by atoms with Crippen LogP contribution in [0.5, 0.6) is 11.5 Å². The average Bonchev–Trinajstić information content (AvgIpc) is 3.32.